The number of hydrogen-bond acceptors (Lipinski definition) is 3. The number of ether oxygens (including phenoxy) is 1. The fourth-order valence-corrected chi connectivity index (χ4v) is 2.75. The highest BCUT2D eigenvalue weighted by atomic mass is 19.1. The minimum absolute atomic E-state index is 0.103. The zero-order valence-electron chi connectivity index (χ0n) is 11.9. The molecule has 0 saturated carbocycles. The van der Waals surface area contributed by atoms with E-state index in [0.717, 1.165) is 26.1 Å². The minimum atomic E-state index is -0.286. The van der Waals surface area contributed by atoms with Gasteiger partial charge in [0.25, 0.3) is 0 Å². The van der Waals surface area contributed by atoms with Crippen molar-refractivity contribution in [2.24, 2.45) is 11.7 Å². The van der Waals surface area contributed by atoms with E-state index >= 15 is 0 Å². The summed E-state index contributed by atoms with van der Waals surface area (Å²) >= 11 is 0. The zero-order valence-corrected chi connectivity index (χ0v) is 11.9. The van der Waals surface area contributed by atoms with Crippen molar-refractivity contribution in [3.05, 3.63) is 35.1 Å². The smallest absolute Gasteiger partial charge is 0.128 e. The van der Waals surface area contributed by atoms with Crippen LogP contribution in [0.5, 0.6) is 0 Å². The number of hydrogen-bond donors (Lipinski definition) is 2. The number of nitrogens with zero attached hydrogens (tertiary/aromatic N) is 1. The van der Waals surface area contributed by atoms with Gasteiger partial charge in [0, 0.05) is 31.3 Å². The number of benzene rings is 1. The summed E-state index contributed by atoms with van der Waals surface area (Å²) < 4.78 is 19.2. The SMILES string of the molecule is COCC1CCCN(Cc2ccc(C(=N)N)cc2F)C1. The van der Waals surface area contributed by atoms with Crippen molar-refractivity contribution in [1.82, 2.24) is 4.90 Å². The van der Waals surface area contributed by atoms with Crippen LogP contribution in [-0.4, -0.2) is 37.5 Å². The van der Waals surface area contributed by atoms with Crippen molar-refractivity contribution in [3.63, 3.8) is 0 Å². The van der Waals surface area contributed by atoms with E-state index in [2.05, 4.69) is 4.90 Å². The second kappa shape index (κ2) is 6.81. The highest BCUT2D eigenvalue weighted by molar-refractivity contribution is 5.94. The summed E-state index contributed by atoms with van der Waals surface area (Å²) in [7, 11) is 1.72. The monoisotopic (exact) mass is 279 g/mol. The van der Waals surface area contributed by atoms with E-state index in [-0.39, 0.29) is 11.7 Å². The van der Waals surface area contributed by atoms with Gasteiger partial charge in [0.15, 0.2) is 0 Å². The molecule has 0 aliphatic carbocycles. The van der Waals surface area contributed by atoms with Gasteiger partial charge in [0.2, 0.25) is 0 Å². The second-order valence-electron chi connectivity index (χ2n) is 5.42. The number of nitrogens with two attached hydrogens (primary N) is 1. The van der Waals surface area contributed by atoms with Gasteiger partial charge in [-0.3, -0.25) is 10.3 Å². The van der Waals surface area contributed by atoms with Crippen LogP contribution in [0.15, 0.2) is 18.2 Å². The predicted molar refractivity (Wildman–Crippen MR) is 77.3 cm³/mol. The Balaban J connectivity index is 2.00. The molecule has 0 aromatic heterocycles. The first kappa shape index (κ1) is 14.9. The van der Waals surface area contributed by atoms with Crippen molar-refractivity contribution in [2.75, 3.05) is 26.8 Å². The Labute approximate surface area is 119 Å². The summed E-state index contributed by atoms with van der Waals surface area (Å²) in [5, 5.41) is 7.31. The standard InChI is InChI=1S/C15H22FN3O/c1-20-10-11-3-2-6-19(8-11)9-13-5-4-12(15(17)18)7-14(13)16/h4-5,7,11H,2-3,6,8-10H2,1H3,(H3,17,18). The van der Waals surface area contributed by atoms with E-state index in [4.69, 9.17) is 15.9 Å². The molecule has 1 fully saturated rings. The van der Waals surface area contributed by atoms with Crippen LogP contribution in [-0.2, 0) is 11.3 Å². The number of rotatable bonds is 5. The van der Waals surface area contributed by atoms with E-state index in [1.54, 1.807) is 19.2 Å². The van der Waals surface area contributed by atoms with Gasteiger partial charge < -0.3 is 10.5 Å². The number of amidine groups is 1. The van der Waals surface area contributed by atoms with Crippen molar-refractivity contribution in [2.45, 2.75) is 19.4 Å². The first-order chi connectivity index (χ1) is 9.60. The molecule has 1 atom stereocenters. The van der Waals surface area contributed by atoms with Crippen LogP contribution in [0.1, 0.15) is 24.0 Å². The Morgan fingerprint density at radius 3 is 3.00 bits per heavy atom. The lowest BCUT2D eigenvalue weighted by Crippen LogP contribution is -2.36. The lowest BCUT2D eigenvalue weighted by atomic mass is 9.98. The third-order valence-corrected chi connectivity index (χ3v) is 3.76. The molecule has 1 aliphatic heterocycles. The van der Waals surface area contributed by atoms with Crippen LogP contribution in [0, 0.1) is 17.1 Å². The number of halogens is 1. The molecule has 0 radical (unpaired) electrons. The average Bonchev–Trinajstić information content (AvgIpc) is 2.42. The Morgan fingerprint density at radius 1 is 1.55 bits per heavy atom. The van der Waals surface area contributed by atoms with Gasteiger partial charge in [-0.1, -0.05) is 12.1 Å². The lowest BCUT2D eigenvalue weighted by Gasteiger charge is -2.32. The van der Waals surface area contributed by atoms with Crippen molar-refractivity contribution < 1.29 is 9.13 Å². The topological polar surface area (TPSA) is 62.3 Å². The van der Waals surface area contributed by atoms with E-state index < -0.39 is 0 Å². The summed E-state index contributed by atoms with van der Waals surface area (Å²) in [4.78, 5) is 2.26. The molecule has 1 aliphatic rings. The Morgan fingerprint density at radius 2 is 2.35 bits per heavy atom. The largest absolute Gasteiger partial charge is 0.384 e. The molecule has 1 aromatic carbocycles. The van der Waals surface area contributed by atoms with Crippen LogP contribution < -0.4 is 5.73 Å². The van der Waals surface area contributed by atoms with Gasteiger partial charge in [-0.25, -0.2) is 4.39 Å². The zero-order chi connectivity index (χ0) is 14.5. The number of likely N-dealkylation sites (tertiary alicyclic amines) is 1. The average molecular weight is 279 g/mol. The first-order valence-corrected chi connectivity index (χ1v) is 6.94. The molecule has 110 valence electrons. The highest BCUT2D eigenvalue weighted by Gasteiger charge is 2.20. The van der Waals surface area contributed by atoms with Gasteiger partial charge in [-0.15, -0.1) is 0 Å². The number of nitrogens with one attached hydrogen (secondary N) is 1. The number of nitrogen functional groups attached to an aromatic ring is 1. The highest BCUT2D eigenvalue weighted by Crippen LogP contribution is 2.20. The molecular weight excluding hydrogens is 257 g/mol. The molecule has 1 saturated heterocycles. The molecule has 0 bridgehead atoms. The maximum absolute atomic E-state index is 14.0. The van der Waals surface area contributed by atoms with Crippen molar-refractivity contribution in [1.29, 1.82) is 5.41 Å². The van der Waals surface area contributed by atoms with Crippen molar-refractivity contribution in [3.8, 4) is 0 Å². The summed E-state index contributed by atoms with van der Waals surface area (Å²) in [6.07, 6.45) is 2.30. The Bertz CT molecular complexity index is 476. The molecular formula is C15H22FN3O. The van der Waals surface area contributed by atoms with Crippen LogP contribution in [0.4, 0.5) is 4.39 Å². The van der Waals surface area contributed by atoms with Gasteiger partial charge in [-0.05, 0) is 31.4 Å². The predicted octanol–water partition coefficient (Wildman–Crippen LogP) is 1.97. The fraction of sp³-hybridized carbons (Fsp3) is 0.533. The van der Waals surface area contributed by atoms with Gasteiger partial charge in [0.05, 0.1) is 6.61 Å². The number of methoxy groups -OCH3 is 1. The summed E-state index contributed by atoms with van der Waals surface area (Å²) in [5.74, 6) is 0.147. The summed E-state index contributed by atoms with van der Waals surface area (Å²) in [5.41, 5.74) is 6.45. The van der Waals surface area contributed by atoms with E-state index in [1.807, 2.05) is 0 Å². The molecule has 4 nitrogen and oxygen atoms in total. The lowest BCUT2D eigenvalue weighted by molar-refractivity contribution is 0.0868. The molecule has 1 unspecified atom stereocenters. The quantitative estimate of drug-likeness (QED) is 0.640. The molecule has 5 heteroatoms. The third kappa shape index (κ3) is 3.77. The van der Waals surface area contributed by atoms with E-state index in [1.165, 1.54) is 12.5 Å². The van der Waals surface area contributed by atoms with E-state index in [0.29, 0.717) is 23.6 Å². The van der Waals surface area contributed by atoms with Crippen LogP contribution >= 0.6 is 0 Å². The summed E-state index contributed by atoms with van der Waals surface area (Å²) in [6.45, 7) is 3.31. The molecule has 3 N–H and O–H groups in total. The summed E-state index contributed by atoms with van der Waals surface area (Å²) in [6, 6.07) is 4.78. The normalized spacial score (nSPS) is 20.0. The molecule has 20 heavy (non-hydrogen) atoms. The van der Waals surface area contributed by atoms with Gasteiger partial charge in [0.1, 0.15) is 11.7 Å². The molecule has 0 spiro atoms. The Hall–Kier alpha value is -1.46. The van der Waals surface area contributed by atoms with Gasteiger partial charge >= 0.3 is 0 Å². The van der Waals surface area contributed by atoms with Crippen LogP contribution in [0.3, 0.4) is 0 Å². The van der Waals surface area contributed by atoms with Gasteiger partial charge in [-0.2, -0.15) is 0 Å². The van der Waals surface area contributed by atoms with E-state index in [9.17, 15) is 4.39 Å². The third-order valence-electron chi connectivity index (χ3n) is 3.76. The molecule has 1 heterocycles. The minimum Gasteiger partial charge on any atom is -0.384 e. The van der Waals surface area contributed by atoms with Crippen LogP contribution in [0.25, 0.3) is 0 Å². The number of piperidine rings is 1. The maximum atomic E-state index is 14.0. The van der Waals surface area contributed by atoms with Crippen molar-refractivity contribution >= 4 is 5.84 Å². The molecule has 2 rings (SSSR count). The van der Waals surface area contributed by atoms with Crippen LogP contribution in [0.2, 0.25) is 0 Å². The Kier molecular flexibility index (Phi) is 5.09. The fourth-order valence-electron chi connectivity index (χ4n) is 2.75. The maximum Gasteiger partial charge on any atom is 0.128 e. The molecule has 0 amide bonds. The molecule has 1 aromatic rings. The first-order valence-electron chi connectivity index (χ1n) is 6.94. The second-order valence-corrected chi connectivity index (χ2v) is 5.42.